The minimum Gasteiger partial charge on any atom is -0.359 e. The number of hydrogen-bond acceptors (Lipinski definition) is 4. The van der Waals surface area contributed by atoms with Crippen molar-refractivity contribution in [2.45, 2.75) is 19.9 Å². The van der Waals surface area contributed by atoms with Crippen LogP contribution in [0.25, 0.3) is 5.52 Å². The highest BCUT2D eigenvalue weighted by Gasteiger charge is 2.06. The second-order valence-electron chi connectivity index (χ2n) is 4.01. The first kappa shape index (κ1) is 11.4. The van der Waals surface area contributed by atoms with E-state index in [0.29, 0.717) is 5.82 Å². The third-order valence-electron chi connectivity index (χ3n) is 2.19. The summed E-state index contributed by atoms with van der Waals surface area (Å²) in [6.07, 6.45) is 5.09. The molecule has 0 unspecified atom stereocenters. The average Bonchev–Trinajstić information content (AvgIpc) is 2.73. The molecule has 2 N–H and O–H groups in total. The van der Waals surface area contributed by atoms with Crippen molar-refractivity contribution in [3.63, 3.8) is 0 Å². The number of amides is 1. The van der Waals surface area contributed by atoms with Crippen LogP contribution in [-0.4, -0.2) is 33.1 Å². The second kappa shape index (κ2) is 4.82. The molecule has 0 spiro atoms. The Hall–Kier alpha value is -2.11. The minimum absolute atomic E-state index is 0.0525. The third-order valence-corrected chi connectivity index (χ3v) is 2.19. The van der Waals surface area contributed by atoms with Gasteiger partial charge in [0.05, 0.1) is 12.7 Å². The highest BCUT2D eigenvalue weighted by Crippen LogP contribution is 2.11. The number of fused-ring (bicyclic) bond motifs is 1. The zero-order chi connectivity index (χ0) is 12.3. The van der Waals surface area contributed by atoms with E-state index in [9.17, 15) is 4.79 Å². The molecule has 0 atom stereocenters. The van der Waals surface area contributed by atoms with Gasteiger partial charge in [-0.25, -0.2) is 9.50 Å². The molecule has 2 aromatic heterocycles. The molecule has 0 radical (unpaired) electrons. The second-order valence-corrected chi connectivity index (χ2v) is 4.01. The molecule has 2 heterocycles. The van der Waals surface area contributed by atoms with Crippen molar-refractivity contribution < 1.29 is 4.79 Å². The van der Waals surface area contributed by atoms with Gasteiger partial charge in [0, 0.05) is 18.4 Å². The van der Waals surface area contributed by atoms with E-state index in [2.05, 4.69) is 20.7 Å². The Morgan fingerprint density at radius 2 is 2.29 bits per heavy atom. The van der Waals surface area contributed by atoms with Crippen LogP contribution in [0, 0.1) is 0 Å². The lowest BCUT2D eigenvalue weighted by molar-refractivity contribution is -0.119. The van der Waals surface area contributed by atoms with Crippen LogP contribution in [0.3, 0.4) is 0 Å². The summed E-state index contributed by atoms with van der Waals surface area (Å²) in [4.78, 5) is 15.7. The smallest absolute Gasteiger partial charge is 0.239 e. The molecule has 1 amide bonds. The number of rotatable bonds is 4. The molecule has 0 aliphatic rings. The van der Waals surface area contributed by atoms with Crippen LogP contribution < -0.4 is 10.6 Å². The van der Waals surface area contributed by atoms with E-state index < -0.39 is 0 Å². The Labute approximate surface area is 99.0 Å². The number of nitrogens with one attached hydrogen (secondary N) is 2. The van der Waals surface area contributed by atoms with Gasteiger partial charge in [-0.15, -0.1) is 0 Å². The van der Waals surface area contributed by atoms with Gasteiger partial charge < -0.3 is 10.6 Å². The molecule has 0 aliphatic carbocycles. The highest BCUT2D eigenvalue weighted by molar-refractivity contribution is 5.82. The van der Waals surface area contributed by atoms with Crippen molar-refractivity contribution in [1.29, 1.82) is 0 Å². The number of aromatic nitrogens is 3. The van der Waals surface area contributed by atoms with Crippen molar-refractivity contribution in [2.24, 2.45) is 0 Å². The van der Waals surface area contributed by atoms with Crippen molar-refractivity contribution >= 4 is 17.2 Å². The molecular formula is C11H15N5O. The van der Waals surface area contributed by atoms with Gasteiger partial charge in [0.2, 0.25) is 5.91 Å². The lowest BCUT2D eigenvalue weighted by Gasteiger charge is -2.10. The SMILES string of the molecule is CC(C)NC(=O)CNc1nccn2nccc12. The van der Waals surface area contributed by atoms with Crippen LogP contribution >= 0.6 is 0 Å². The number of anilines is 1. The van der Waals surface area contributed by atoms with Crippen molar-refractivity contribution in [3.8, 4) is 0 Å². The molecule has 2 rings (SSSR count). The first-order valence-corrected chi connectivity index (χ1v) is 5.48. The first-order valence-electron chi connectivity index (χ1n) is 5.48. The molecule has 90 valence electrons. The zero-order valence-corrected chi connectivity index (χ0v) is 9.84. The zero-order valence-electron chi connectivity index (χ0n) is 9.84. The summed E-state index contributed by atoms with van der Waals surface area (Å²) in [5.41, 5.74) is 0.852. The molecule has 0 saturated carbocycles. The molecule has 0 aliphatic heterocycles. The summed E-state index contributed by atoms with van der Waals surface area (Å²) in [5.74, 6) is 0.604. The Bertz CT molecular complexity index is 519. The summed E-state index contributed by atoms with van der Waals surface area (Å²) in [5, 5.41) is 9.89. The van der Waals surface area contributed by atoms with E-state index in [4.69, 9.17) is 0 Å². The number of hydrogen-bond donors (Lipinski definition) is 2. The predicted octanol–water partition coefficient (Wildman–Crippen LogP) is 0.666. The lowest BCUT2D eigenvalue weighted by Crippen LogP contribution is -2.35. The summed E-state index contributed by atoms with van der Waals surface area (Å²) >= 11 is 0. The maximum absolute atomic E-state index is 11.5. The van der Waals surface area contributed by atoms with Crippen LogP contribution in [0.1, 0.15) is 13.8 Å². The van der Waals surface area contributed by atoms with Crippen molar-refractivity contribution in [1.82, 2.24) is 19.9 Å². The molecule has 0 bridgehead atoms. The van der Waals surface area contributed by atoms with Gasteiger partial charge in [-0.2, -0.15) is 5.10 Å². The van der Waals surface area contributed by atoms with Gasteiger partial charge >= 0.3 is 0 Å². The molecular weight excluding hydrogens is 218 g/mol. The highest BCUT2D eigenvalue weighted by atomic mass is 16.1. The van der Waals surface area contributed by atoms with Gasteiger partial charge in [0.25, 0.3) is 0 Å². The summed E-state index contributed by atoms with van der Waals surface area (Å²) in [6, 6.07) is 1.98. The largest absolute Gasteiger partial charge is 0.359 e. The summed E-state index contributed by atoms with van der Waals surface area (Å²) in [6.45, 7) is 4.05. The fourth-order valence-corrected chi connectivity index (χ4v) is 1.53. The standard InChI is InChI=1S/C11H15N5O/c1-8(2)15-10(17)7-13-11-9-3-4-14-16(9)6-5-12-11/h3-6,8H,7H2,1-2H3,(H,12,13)(H,15,17). The van der Waals surface area contributed by atoms with Crippen molar-refractivity contribution in [2.75, 3.05) is 11.9 Å². The minimum atomic E-state index is -0.0525. The van der Waals surface area contributed by atoms with Crippen LogP contribution in [0.4, 0.5) is 5.82 Å². The third kappa shape index (κ3) is 2.72. The fourth-order valence-electron chi connectivity index (χ4n) is 1.53. The van der Waals surface area contributed by atoms with E-state index in [1.54, 1.807) is 23.1 Å². The monoisotopic (exact) mass is 233 g/mol. The van der Waals surface area contributed by atoms with Crippen LogP contribution in [-0.2, 0) is 4.79 Å². The van der Waals surface area contributed by atoms with E-state index in [1.165, 1.54) is 0 Å². The number of nitrogens with zero attached hydrogens (tertiary/aromatic N) is 3. The summed E-state index contributed by atoms with van der Waals surface area (Å²) < 4.78 is 1.70. The maximum Gasteiger partial charge on any atom is 0.239 e. The van der Waals surface area contributed by atoms with Crippen LogP contribution in [0.15, 0.2) is 24.7 Å². The van der Waals surface area contributed by atoms with Gasteiger partial charge in [-0.1, -0.05) is 0 Å². The molecule has 0 aromatic carbocycles. The van der Waals surface area contributed by atoms with Crippen molar-refractivity contribution in [3.05, 3.63) is 24.7 Å². The Morgan fingerprint density at radius 3 is 3.06 bits per heavy atom. The molecule has 6 heteroatoms. The van der Waals surface area contributed by atoms with E-state index in [-0.39, 0.29) is 18.5 Å². The number of carbonyl (C=O) groups excluding carboxylic acids is 1. The Kier molecular flexibility index (Phi) is 3.22. The first-order chi connectivity index (χ1) is 8.16. The van der Waals surface area contributed by atoms with Gasteiger partial charge in [0.15, 0.2) is 5.82 Å². The summed E-state index contributed by atoms with van der Waals surface area (Å²) in [7, 11) is 0. The van der Waals surface area contributed by atoms with Crippen LogP contribution in [0.5, 0.6) is 0 Å². The van der Waals surface area contributed by atoms with E-state index >= 15 is 0 Å². The fraction of sp³-hybridized carbons (Fsp3) is 0.364. The lowest BCUT2D eigenvalue weighted by atomic mass is 10.4. The average molecular weight is 233 g/mol. The molecule has 0 saturated heterocycles. The molecule has 0 fully saturated rings. The molecule has 6 nitrogen and oxygen atoms in total. The quantitative estimate of drug-likeness (QED) is 0.814. The Balaban J connectivity index is 2.04. The molecule has 17 heavy (non-hydrogen) atoms. The van der Waals surface area contributed by atoms with E-state index in [0.717, 1.165) is 5.52 Å². The number of carbonyl (C=O) groups is 1. The van der Waals surface area contributed by atoms with Gasteiger partial charge in [-0.3, -0.25) is 4.79 Å². The maximum atomic E-state index is 11.5. The predicted molar refractivity (Wildman–Crippen MR) is 64.8 cm³/mol. The van der Waals surface area contributed by atoms with E-state index in [1.807, 2.05) is 19.9 Å². The molecule has 2 aromatic rings. The normalized spacial score (nSPS) is 10.8. The topological polar surface area (TPSA) is 71.3 Å². The van der Waals surface area contributed by atoms with Crippen LogP contribution in [0.2, 0.25) is 0 Å². The van der Waals surface area contributed by atoms with Gasteiger partial charge in [-0.05, 0) is 19.9 Å². The Morgan fingerprint density at radius 1 is 1.47 bits per heavy atom. The van der Waals surface area contributed by atoms with Gasteiger partial charge in [0.1, 0.15) is 5.52 Å².